The molecule has 0 amide bonds. The summed E-state index contributed by atoms with van der Waals surface area (Å²) in [5.41, 5.74) is 7.81. The first-order valence-corrected chi connectivity index (χ1v) is 12.0. The standard InChI is InChI=1S/C27H28N8O2/c1-5-6-14-34-23-24(31-26(34)32(3)15-17(2)28)33(4)27(37)35(25(23)36)16-21-19-11-9-13-29-22(19)18-10-7-8-12-20(18)30-21/h7-13,17H,14-16,28H2,1-4H3. The first-order chi connectivity index (χ1) is 17.8. The highest BCUT2D eigenvalue weighted by molar-refractivity contribution is 6.04. The van der Waals surface area contributed by atoms with Gasteiger partial charge in [-0.1, -0.05) is 24.1 Å². The molecule has 5 rings (SSSR count). The molecule has 1 unspecified atom stereocenters. The van der Waals surface area contributed by atoms with Crippen LogP contribution in [-0.4, -0.2) is 48.3 Å². The van der Waals surface area contributed by atoms with Gasteiger partial charge in [0.2, 0.25) is 5.95 Å². The number of nitrogens with two attached hydrogens (primary N) is 1. The van der Waals surface area contributed by atoms with Gasteiger partial charge in [0, 0.05) is 43.7 Å². The van der Waals surface area contributed by atoms with Gasteiger partial charge in [0.05, 0.1) is 29.8 Å². The van der Waals surface area contributed by atoms with Gasteiger partial charge < -0.3 is 10.6 Å². The van der Waals surface area contributed by atoms with Crippen LogP contribution in [0.1, 0.15) is 19.5 Å². The summed E-state index contributed by atoms with van der Waals surface area (Å²) in [6.45, 7) is 4.39. The van der Waals surface area contributed by atoms with Crippen molar-refractivity contribution < 1.29 is 0 Å². The van der Waals surface area contributed by atoms with Gasteiger partial charge in [-0.25, -0.2) is 4.79 Å². The molecule has 0 aliphatic rings. The zero-order valence-electron chi connectivity index (χ0n) is 21.3. The van der Waals surface area contributed by atoms with Crippen LogP contribution in [-0.2, 0) is 20.1 Å². The molecule has 4 aromatic heterocycles. The number of likely N-dealkylation sites (N-methyl/N-ethyl adjacent to an activating group) is 1. The van der Waals surface area contributed by atoms with Gasteiger partial charge in [0.1, 0.15) is 0 Å². The molecule has 0 radical (unpaired) electrons. The zero-order chi connectivity index (χ0) is 26.3. The SMILES string of the molecule is CC#CCn1c(N(C)CC(C)N)nc2c1c(=O)n(Cc1nc3ccccc3c3ncccc13)c(=O)n2C. The third-order valence-corrected chi connectivity index (χ3v) is 6.37. The van der Waals surface area contributed by atoms with E-state index in [1.807, 2.05) is 55.3 Å². The average Bonchev–Trinajstić information content (AvgIpc) is 3.28. The Kier molecular flexibility index (Phi) is 6.23. The Bertz CT molecular complexity index is 1840. The lowest BCUT2D eigenvalue weighted by molar-refractivity contribution is 0.648. The molecule has 0 bridgehead atoms. The number of aromatic nitrogens is 6. The van der Waals surface area contributed by atoms with Crippen molar-refractivity contribution in [1.29, 1.82) is 0 Å². The molecule has 10 nitrogen and oxygen atoms in total. The van der Waals surface area contributed by atoms with Gasteiger partial charge in [0.15, 0.2) is 11.2 Å². The van der Waals surface area contributed by atoms with Crippen molar-refractivity contribution in [1.82, 2.24) is 28.7 Å². The number of aryl methyl sites for hydroxylation is 1. The van der Waals surface area contributed by atoms with Gasteiger partial charge in [-0.3, -0.25) is 28.5 Å². The monoisotopic (exact) mass is 496 g/mol. The van der Waals surface area contributed by atoms with Crippen molar-refractivity contribution in [2.24, 2.45) is 12.8 Å². The van der Waals surface area contributed by atoms with Crippen LogP contribution in [0.25, 0.3) is 33.0 Å². The maximum absolute atomic E-state index is 13.9. The van der Waals surface area contributed by atoms with Crippen molar-refractivity contribution in [3.63, 3.8) is 0 Å². The number of hydrogen-bond acceptors (Lipinski definition) is 7. The fraction of sp³-hybridized carbons (Fsp3) is 0.296. The Morgan fingerprint density at radius 3 is 2.59 bits per heavy atom. The summed E-state index contributed by atoms with van der Waals surface area (Å²) >= 11 is 0. The predicted octanol–water partition coefficient (Wildman–Crippen LogP) is 1.85. The molecular weight excluding hydrogens is 468 g/mol. The van der Waals surface area contributed by atoms with Crippen molar-refractivity contribution in [2.75, 3.05) is 18.5 Å². The Balaban J connectivity index is 1.76. The molecule has 5 aromatic rings. The number of pyridine rings is 2. The van der Waals surface area contributed by atoms with Gasteiger partial charge in [-0.2, -0.15) is 4.98 Å². The van der Waals surface area contributed by atoms with Crippen LogP contribution in [0, 0.1) is 11.8 Å². The van der Waals surface area contributed by atoms with Gasteiger partial charge >= 0.3 is 5.69 Å². The molecule has 2 N–H and O–H groups in total. The first-order valence-electron chi connectivity index (χ1n) is 12.0. The van der Waals surface area contributed by atoms with Gasteiger partial charge in [0.25, 0.3) is 5.56 Å². The average molecular weight is 497 g/mol. The van der Waals surface area contributed by atoms with Gasteiger partial charge in [-0.05, 0) is 32.0 Å². The fourth-order valence-corrected chi connectivity index (χ4v) is 4.71. The Morgan fingerprint density at radius 2 is 1.84 bits per heavy atom. The van der Waals surface area contributed by atoms with Crippen molar-refractivity contribution >= 4 is 38.9 Å². The Hall–Kier alpha value is -4.49. The summed E-state index contributed by atoms with van der Waals surface area (Å²) in [6, 6.07) is 11.3. The molecule has 10 heteroatoms. The maximum atomic E-state index is 13.9. The van der Waals surface area contributed by atoms with E-state index in [-0.39, 0.29) is 19.1 Å². The van der Waals surface area contributed by atoms with Crippen molar-refractivity contribution in [3.8, 4) is 11.8 Å². The van der Waals surface area contributed by atoms with Crippen LogP contribution in [0.15, 0.2) is 52.2 Å². The normalized spacial score (nSPS) is 12.1. The van der Waals surface area contributed by atoms with Gasteiger partial charge in [-0.15, -0.1) is 5.92 Å². The molecule has 0 spiro atoms. The highest BCUT2D eigenvalue weighted by Gasteiger charge is 2.23. The third kappa shape index (κ3) is 4.13. The molecule has 0 saturated heterocycles. The quantitative estimate of drug-likeness (QED) is 0.282. The number of benzene rings is 1. The first kappa shape index (κ1) is 24.2. The second-order valence-electron chi connectivity index (χ2n) is 9.16. The van der Waals surface area contributed by atoms with Crippen LogP contribution in [0.4, 0.5) is 5.95 Å². The minimum Gasteiger partial charge on any atom is -0.344 e. The van der Waals surface area contributed by atoms with Crippen LogP contribution in [0.3, 0.4) is 0 Å². The summed E-state index contributed by atoms with van der Waals surface area (Å²) in [5.74, 6) is 6.43. The molecular formula is C27H28N8O2. The molecule has 4 heterocycles. The summed E-state index contributed by atoms with van der Waals surface area (Å²) in [4.78, 5) is 43.3. The molecule has 1 aromatic carbocycles. The summed E-state index contributed by atoms with van der Waals surface area (Å²) in [6.07, 6.45) is 1.73. The van der Waals surface area contributed by atoms with Crippen LogP contribution >= 0.6 is 0 Å². The van der Waals surface area contributed by atoms with Crippen molar-refractivity contribution in [3.05, 3.63) is 69.1 Å². The number of para-hydroxylation sites is 1. The maximum Gasteiger partial charge on any atom is 0.332 e. The molecule has 37 heavy (non-hydrogen) atoms. The smallest absolute Gasteiger partial charge is 0.332 e. The largest absolute Gasteiger partial charge is 0.344 e. The molecule has 1 atom stereocenters. The second kappa shape index (κ2) is 9.52. The fourth-order valence-electron chi connectivity index (χ4n) is 4.71. The third-order valence-electron chi connectivity index (χ3n) is 6.37. The van der Waals surface area contributed by atoms with Crippen LogP contribution in [0.5, 0.6) is 0 Å². The lowest BCUT2D eigenvalue weighted by Crippen LogP contribution is -2.40. The highest BCUT2D eigenvalue weighted by atomic mass is 16.2. The molecule has 0 aliphatic carbocycles. The van der Waals surface area contributed by atoms with E-state index in [0.29, 0.717) is 29.4 Å². The number of anilines is 1. The zero-order valence-corrected chi connectivity index (χ0v) is 21.3. The van der Waals surface area contributed by atoms with Crippen molar-refractivity contribution in [2.45, 2.75) is 33.0 Å². The van der Waals surface area contributed by atoms with E-state index < -0.39 is 11.2 Å². The Morgan fingerprint density at radius 1 is 1.08 bits per heavy atom. The molecule has 0 saturated carbocycles. The van der Waals surface area contributed by atoms with Crippen LogP contribution in [0.2, 0.25) is 0 Å². The number of nitrogens with zero attached hydrogens (tertiary/aromatic N) is 7. The predicted molar refractivity (Wildman–Crippen MR) is 146 cm³/mol. The molecule has 0 fully saturated rings. The minimum atomic E-state index is -0.475. The highest BCUT2D eigenvalue weighted by Crippen LogP contribution is 2.25. The minimum absolute atomic E-state index is 0.00980. The van der Waals surface area contributed by atoms with E-state index in [4.69, 9.17) is 10.7 Å². The van der Waals surface area contributed by atoms with E-state index in [0.717, 1.165) is 21.8 Å². The summed E-state index contributed by atoms with van der Waals surface area (Å²) in [5, 5.41) is 1.70. The van der Waals surface area contributed by atoms with E-state index in [1.165, 1.54) is 9.13 Å². The van der Waals surface area contributed by atoms with E-state index in [1.54, 1.807) is 24.7 Å². The second-order valence-corrected chi connectivity index (χ2v) is 9.16. The molecule has 0 aliphatic heterocycles. The number of rotatable bonds is 6. The Labute approximate surface area is 213 Å². The summed E-state index contributed by atoms with van der Waals surface area (Å²) < 4.78 is 4.36. The lowest BCUT2D eigenvalue weighted by atomic mass is 10.1. The number of fused-ring (bicyclic) bond motifs is 4. The molecule has 188 valence electrons. The lowest BCUT2D eigenvalue weighted by Gasteiger charge is -2.20. The number of hydrogen-bond donors (Lipinski definition) is 1. The summed E-state index contributed by atoms with van der Waals surface area (Å²) in [7, 11) is 3.47. The van der Waals surface area contributed by atoms with E-state index in [2.05, 4.69) is 21.8 Å². The number of imidazole rings is 1. The van der Waals surface area contributed by atoms with Crippen LogP contribution < -0.4 is 21.9 Å². The van der Waals surface area contributed by atoms with E-state index in [9.17, 15) is 9.59 Å². The topological polar surface area (TPSA) is 117 Å². The van der Waals surface area contributed by atoms with E-state index >= 15 is 0 Å².